The molecule has 0 fully saturated rings. The molecule has 0 atom stereocenters. The van der Waals surface area contributed by atoms with Crippen LogP contribution in [0.2, 0.25) is 5.02 Å². The fourth-order valence-electron chi connectivity index (χ4n) is 2.07. The molecule has 2 nitrogen and oxygen atoms in total. The van der Waals surface area contributed by atoms with E-state index in [1.807, 2.05) is 24.3 Å². The van der Waals surface area contributed by atoms with E-state index in [0.29, 0.717) is 21.9 Å². The Morgan fingerprint density at radius 1 is 1.15 bits per heavy atom. The van der Waals surface area contributed by atoms with Crippen LogP contribution in [-0.2, 0) is 0 Å². The summed E-state index contributed by atoms with van der Waals surface area (Å²) in [6.07, 6.45) is 1.84. The number of ether oxygens (including phenoxy) is 1. The number of carbonyl (C=O) groups excluding carboxylic acids is 1. The van der Waals surface area contributed by atoms with Gasteiger partial charge in [-0.3, -0.25) is 4.79 Å². The van der Waals surface area contributed by atoms with Crippen molar-refractivity contribution in [2.45, 2.75) is 0 Å². The first-order chi connectivity index (χ1) is 9.63. The smallest absolute Gasteiger partial charge is 0.196 e. The van der Waals surface area contributed by atoms with Gasteiger partial charge in [-0.1, -0.05) is 39.7 Å². The molecule has 0 saturated heterocycles. The van der Waals surface area contributed by atoms with Crippen LogP contribution in [0.4, 0.5) is 0 Å². The second-order valence-corrected chi connectivity index (χ2v) is 5.83. The van der Waals surface area contributed by atoms with Gasteiger partial charge in [0.15, 0.2) is 5.78 Å². The lowest BCUT2D eigenvalue weighted by atomic mass is 9.98. The van der Waals surface area contributed by atoms with E-state index in [1.165, 1.54) is 0 Å². The van der Waals surface area contributed by atoms with Crippen LogP contribution in [0.25, 0.3) is 6.08 Å². The molecule has 1 heterocycles. The van der Waals surface area contributed by atoms with Crippen molar-refractivity contribution in [2.24, 2.45) is 0 Å². The number of halogens is 2. The molecule has 0 aromatic heterocycles. The van der Waals surface area contributed by atoms with E-state index in [4.69, 9.17) is 16.3 Å². The molecule has 0 N–H and O–H groups in total. The summed E-state index contributed by atoms with van der Waals surface area (Å²) in [5.74, 6) is 0.633. The highest BCUT2D eigenvalue weighted by Crippen LogP contribution is 2.30. The van der Waals surface area contributed by atoms with Crippen LogP contribution >= 0.6 is 27.5 Å². The number of hydrogen-bond acceptors (Lipinski definition) is 2. The maximum Gasteiger partial charge on any atom is 0.196 e. The first kappa shape index (κ1) is 13.4. The molecule has 0 saturated carbocycles. The van der Waals surface area contributed by atoms with Gasteiger partial charge in [0.05, 0.1) is 5.56 Å². The van der Waals surface area contributed by atoms with Crippen molar-refractivity contribution in [3.8, 4) is 5.75 Å². The average molecular weight is 350 g/mol. The molecule has 0 bridgehead atoms. The molecule has 2 aromatic rings. The van der Waals surface area contributed by atoms with E-state index in [1.54, 1.807) is 24.3 Å². The monoisotopic (exact) mass is 348 g/mol. The zero-order valence-corrected chi connectivity index (χ0v) is 12.7. The summed E-state index contributed by atoms with van der Waals surface area (Å²) in [7, 11) is 0. The summed E-state index contributed by atoms with van der Waals surface area (Å²) in [6, 6.07) is 12.8. The zero-order chi connectivity index (χ0) is 14.1. The molecule has 0 spiro atoms. The van der Waals surface area contributed by atoms with Crippen molar-refractivity contribution < 1.29 is 9.53 Å². The Balaban J connectivity index is 1.97. The van der Waals surface area contributed by atoms with E-state index >= 15 is 0 Å². The Kier molecular flexibility index (Phi) is 3.64. The van der Waals surface area contributed by atoms with Crippen molar-refractivity contribution in [2.75, 3.05) is 6.61 Å². The van der Waals surface area contributed by atoms with Crippen LogP contribution in [0.15, 0.2) is 52.5 Å². The van der Waals surface area contributed by atoms with Gasteiger partial charge in [-0.15, -0.1) is 0 Å². The second kappa shape index (κ2) is 5.43. The summed E-state index contributed by atoms with van der Waals surface area (Å²) in [5, 5.41) is 0.674. The molecule has 0 radical (unpaired) electrons. The topological polar surface area (TPSA) is 26.3 Å². The van der Waals surface area contributed by atoms with Gasteiger partial charge in [-0.2, -0.15) is 0 Å². The maximum absolute atomic E-state index is 12.4. The van der Waals surface area contributed by atoms with Gasteiger partial charge in [0.25, 0.3) is 0 Å². The van der Waals surface area contributed by atoms with Gasteiger partial charge >= 0.3 is 0 Å². The van der Waals surface area contributed by atoms with E-state index < -0.39 is 0 Å². The SMILES string of the molecule is O=C1/C(=C/c2ccc(Cl)cc2)COc2ccc(Br)cc21. The highest BCUT2D eigenvalue weighted by atomic mass is 79.9. The molecule has 3 rings (SSSR count). The summed E-state index contributed by atoms with van der Waals surface area (Å²) >= 11 is 9.22. The Morgan fingerprint density at radius 3 is 2.65 bits per heavy atom. The molecule has 1 aliphatic heterocycles. The quantitative estimate of drug-likeness (QED) is 0.694. The van der Waals surface area contributed by atoms with Crippen LogP contribution in [-0.4, -0.2) is 12.4 Å². The van der Waals surface area contributed by atoms with Gasteiger partial charge < -0.3 is 4.74 Å². The second-order valence-electron chi connectivity index (χ2n) is 4.48. The van der Waals surface area contributed by atoms with Crippen LogP contribution in [0, 0.1) is 0 Å². The molecule has 2 aromatic carbocycles. The molecule has 20 heavy (non-hydrogen) atoms. The molecule has 1 aliphatic rings. The standard InChI is InChI=1S/C16H10BrClO2/c17-12-3-6-15-14(8-12)16(19)11(9-20-15)7-10-1-4-13(18)5-2-10/h1-8H,9H2/b11-7+. The Bertz CT molecular complexity index is 705. The van der Waals surface area contributed by atoms with Crippen LogP contribution in [0.1, 0.15) is 15.9 Å². The number of hydrogen-bond donors (Lipinski definition) is 0. The minimum absolute atomic E-state index is 0.00231. The molecule has 0 amide bonds. The van der Waals surface area contributed by atoms with Crippen molar-refractivity contribution in [3.05, 3.63) is 68.7 Å². The third-order valence-corrected chi connectivity index (χ3v) is 3.82. The van der Waals surface area contributed by atoms with Crippen LogP contribution in [0.5, 0.6) is 5.75 Å². The molecule has 0 aliphatic carbocycles. The van der Waals surface area contributed by atoms with Crippen molar-refractivity contribution in [3.63, 3.8) is 0 Å². The van der Waals surface area contributed by atoms with E-state index in [9.17, 15) is 4.79 Å². The lowest BCUT2D eigenvalue weighted by Gasteiger charge is -2.19. The maximum atomic E-state index is 12.4. The van der Waals surface area contributed by atoms with Gasteiger partial charge in [-0.25, -0.2) is 0 Å². The minimum Gasteiger partial charge on any atom is -0.488 e. The summed E-state index contributed by atoms with van der Waals surface area (Å²) in [5.41, 5.74) is 2.16. The number of ketones is 1. The Morgan fingerprint density at radius 2 is 1.90 bits per heavy atom. The van der Waals surface area contributed by atoms with Crippen LogP contribution in [0.3, 0.4) is 0 Å². The molecular formula is C16H10BrClO2. The normalized spacial score (nSPS) is 15.9. The summed E-state index contributed by atoms with van der Waals surface area (Å²) in [6.45, 7) is 0.288. The third kappa shape index (κ3) is 2.65. The summed E-state index contributed by atoms with van der Waals surface area (Å²) in [4.78, 5) is 12.4. The number of carbonyl (C=O) groups is 1. The van der Waals surface area contributed by atoms with Crippen molar-refractivity contribution >= 4 is 39.4 Å². The molecular weight excluding hydrogens is 340 g/mol. The molecule has 4 heteroatoms. The largest absolute Gasteiger partial charge is 0.488 e. The van der Waals surface area contributed by atoms with Crippen LogP contribution < -0.4 is 4.74 Å². The third-order valence-electron chi connectivity index (χ3n) is 3.07. The van der Waals surface area contributed by atoms with Gasteiger partial charge in [0.2, 0.25) is 0 Å². The van der Waals surface area contributed by atoms with Crippen molar-refractivity contribution in [1.29, 1.82) is 0 Å². The highest BCUT2D eigenvalue weighted by Gasteiger charge is 2.23. The predicted octanol–water partition coefficient (Wildman–Crippen LogP) is 4.76. The number of Topliss-reactive ketones (excluding diaryl/α,β-unsaturated/α-hetero) is 1. The first-order valence-corrected chi connectivity index (χ1v) is 7.24. The van der Waals surface area contributed by atoms with E-state index in [2.05, 4.69) is 15.9 Å². The number of benzene rings is 2. The summed E-state index contributed by atoms with van der Waals surface area (Å²) < 4.78 is 6.48. The zero-order valence-electron chi connectivity index (χ0n) is 10.4. The van der Waals surface area contributed by atoms with Crippen molar-refractivity contribution in [1.82, 2.24) is 0 Å². The van der Waals surface area contributed by atoms with Gasteiger partial charge in [0.1, 0.15) is 12.4 Å². The highest BCUT2D eigenvalue weighted by molar-refractivity contribution is 9.10. The number of rotatable bonds is 1. The lowest BCUT2D eigenvalue weighted by molar-refractivity contribution is 0.100. The van der Waals surface area contributed by atoms with E-state index in [-0.39, 0.29) is 12.4 Å². The average Bonchev–Trinajstić information content (AvgIpc) is 2.45. The first-order valence-electron chi connectivity index (χ1n) is 6.07. The molecule has 0 unspecified atom stereocenters. The minimum atomic E-state index is 0.00231. The van der Waals surface area contributed by atoms with E-state index in [0.717, 1.165) is 10.0 Å². The lowest BCUT2D eigenvalue weighted by Crippen LogP contribution is -2.18. The Hall–Kier alpha value is -1.58. The fraction of sp³-hybridized carbons (Fsp3) is 0.0625. The fourth-order valence-corrected chi connectivity index (χ4v) is 2.55. The molecule has 100 valence electrons. The predicted molar refractivity (Wildman–Crippen MR) is 83.4 cm³/mol. The Labute approximate surface area is 130 Å². The van der Waals surface area contributed by atoms with Gasteiger partial charge in [-0.05, 0) is 42.0 Å². The van der Waals surface area contributed by atoms with Gasteiger partial charge in [0, 0.05) is 15.1 Å². The number of fused-ring (bicyclic) bond motifs is 1.